The van der Waals surface area contributed by atoms with Gasteiger partial charge in [0.25, 0.3) is 0 Å². The van der Waals surface area contributed by atoms with Crippen molar-refractivity contribution < 1.29 is 24.2 Å². The number of aliphatic hydroxyl groups excluding tert-OH is 1. The Kier molecular flexibility index (Phi) is 8.71. The van der Waals surface area contributed by atoms with Crippen LogP contribution < -0.4 is 15.4 Å². The second-order valence-electron chi connectivity index (χ2n) is 7.67. The van der Waals surface area contributed by atoms with Gasteiger partial charge in [0.1, 0.15) is 23.3 Å². The van der Waals surface area contributed by atoms with Gasteiger partial charge in [0.05, 0.1) is 15.8 Å². The van der Waals surface area contributed by atoms with Gasteiger partial charge < -0.3 is 25.2 Å². The number of ether oxygens (including phenoxy) is 2. The first-order valence-electron chi connectivity index (χ1n) is 10.6. The van der Waals surface area contributed by atoms with Crippen LogP contribution in [0.15, 0.2) is 16.6 Å². The van der Waals surface area contributed by atoms with Gasteiger partial charge in [-0.15, -0.1) is 11.3 Å². The van der Waals surface area contributed by atoms with Crippen LogP contribution >= 0.6 is 27.3 Å². The number of anilines is 1. The van der Waals surface area contributed by atoms with Crippen molar-refractivity contribution in [2.45, 2.75) is 58.1 Å². The summed E-state index contributed by atoms with van der Waals surface area (Å²) in [6, 6.07) is 4.04. The number of halogens is 1. The molecule has 1 unspecified atom stereocenters. The van der Waals surface area contributed by atoms with Crippen LogP contribution in [0.1, 0.15) is 56.3 Å². The Labute approximate surface area is 194 Å². The van der Waals surface area contributed by atoms with Crippen LogP contribution in [0, 0.1) is 0 Å². The number of amides is 1. The zero-order chi connectivity index (χ0) is 22.4. The van der Waals surface area contributed by atoms with E-state index in [1.807, 2.05) is 0 Å². The Bertz CT molecular complexity index is 926. The number of rotatable bonds is 9. The van der Waals surface area contributed by atoms with Gasteiger partial charge in [0.15, 0.2) is 5.75 Å². The number of thiophene rings is 1. The molecule has 0 aliphatic heterocycles. The number of carbonyl (C=O) groups excluding carboxylic acids is 2. The lowest BCUT2D eigenvalue weighted by atomic mass is 9.95. The Morgan fingerprint density at radius 2 is 2.03 bits per heavy atom. The third kappa shape index (κ3) is 6.19. The van der Waals surface area contributed by atoms with E-state index in [2.05, 4.69) is 26.6 Å². The Morgan fingerprint density at radius 3 is 2.71 bits per heavy atom. The lowest BCUT2D eigenvalue weighted by molar-refractivity contribution is -0.114. The van der Waals surface area contributed by atoms with Gasteiger partial charge in [-0.3, -0.25) is 4.79 Å². The maximum absolute atomic E-state index is 12.6. The van der Waals surface area contributed by atoms with Crippen molar-refractivity contribution in [1.82, 2.24) is 5.32 Å². The average Bonchev–Trinajstić information content (AvgIpc) is 3.09. The second kappa shape index (κ2) is 11.3. The SMILES string of the molecule is CCOC(=O)c1c(NC(C)=O)sc2c(OCC(O)CNC3CCCCC3)c(Br)ccc12. The van der Waals surface area contributed by atoms with Crippen LogP contribution in [0.3, 0.4) is 0 Å². The smallest absolute Gasteiger partial charge is 0.341 e. The summed E-state index contributed by atoms with van der Waals surface area (Å²) in [6.45, 7) is 3.93. The van der Waals surface area contributed by atoms with E-state index in [0.717, 1.165) is 12.8 Å². The maximum Gasteiger partial charge on any atom is 0.341 e. The molecular formula is C22H29BrN2O5S. The van der Waals surface area contributed by atoms with Crippen molar-refractivity contribution in [2.75, 3.05) is 25.1 Å². The number of carbonyl (C=O) groups is 2. The molecule has 1 aromatic heterocycles. The number of aliphatic hydroxyl groups is 1. The highest BCUT2D eigenvalue weighted by atomic mass is 79.9. The lowest BCUT2D eigenvalue weighted by Crippen LogP contribution is -2.39. The predicted molar refractivity (Wildman–Crippen MR) is 126 cm³/mol. The minimum absolute atomic E-state index is 0.111. The van der Waals surface area contributed by atoms with Crippen molar-refractivity contribution in [3.05, 3.63) is 22.2 Å². The second-order valence-corrected chi connectivity index (χ2v) is 9.54. The molecule has 1 aliphatic rings. The number of hydrogen-bond acceptors (Lipinski definition) is 7. The first-order valence-corrected chi connectivity index (χ1v) is 12.3. The Hall–Kier alpha value is -1.68. The quantitative estimate of drug-likeness (QED) is 0.429. The van der Waals surface area contributed by atoms with Gasteiger partial charge in [-0.25, -0.2) is 4.79 Å². The summed E-state index contributed by atoms with van der Waals surface area (Å²) in [5.74, 6) is -0.244. The Balaban J connectivity index is 1.78. The summed E-state index contributed by atoms with van der Waals surface area (Å²) in [5, 5.41) is 17.6. The molecule has 7 nitrogen and oxygen atoms in total. The zero-order valence-corrected chi connectivity index (χ0v) is 20.2. The van der Waals surface area contributed by atoms with E-state index in [0.29, 0.717) is 43.5 Å². The fourth-order valence-corrected chi connectivity index (χ4v) is 5.56. The normalized spacial score (nSPS) is 15.6. The van der Waals surface area contributed by atoms with E-state index in [9.17, 15) is 14.7 Å². The van der Waals surface area contributed by atoms with E-state index < -0.39 is 12.1 Å². The highest BCUT2D eigenvalue weighted by molar-refractivity contribution is 9.10. The molecule has 0 bridgehead atoms. The molecule has 2 aromatic rings. The number of benzene rings is 1. The van der Waals surface area contributed by atoms with Gasteiger partial charge in [0.2, 0.25) is 5.91 Å². The van der Waals surface area contributed by atoms with Crippen molar-refractivity contribution in [1.29, 1.82) is 0 Å². The molecule has 1 saturated carbocycles. The standard InChI is InChI=1S/C22H29BrN2O5S/c1-3-29-22(28)18-16-9-10-17(23)19(20(16)31-21(18)25-13(2)26)30-12-15(27)11-24-14-7-5-4-6-8-14/h9-10,14-15,24,27H,3-8,11-12H2,1-2H3,(H,25,26). The molecule has 1 amide bonds. The molecule has 1 heterocycles. The molecule has 0 spiro atoms. The number of fused-ring (bicyclic) bond motifs is 1. The highest BCUT2D eigenvalue weighted by Gasteiger charge is 2.24. The van der Waals surface area contributed by atoms with E-state index in [-0.39, 0.29) is 19.1 Å². The molecule has 3 rings (SSSR count). The highest BCUT2D eigenvalue weighted by Crippen LogP contribution is 2.44. The summed E-state index contributed by atoms with van der Waals surface area (Å²) in [6.07, 6.45) is 5.39. The summed E-state index contributed by atoms with van der Waals surface area (Å²) < 4.78 is 12.6. The van der Waals surface area contributed by atoms with Crippen LogP contribution in [-0.2, 0) is 9.53 Å². The predicted octanol–water partition coefficient (Wildman–Crippen LogP) is 4.46. The van der Waals surface area contributed by atoms with Crippen LogP contribution in [0.2, 0.25) is 0 Å². The first-order chi connectivity index (χ1) is 14.9. The molecule has 1 fully saturated rings. The molecule has 31 heavy (non-hydrogen) atoms. The summed E-state index contributed by atoms with van der Waals surface area (Å²) in [5.41, 5.74) is 0.314. The van der Waals surface area contributed by atoms with Crippen molar-refractivity contribution in [3.63, 3.8) is 0 Å². The minimum Gasteiger partial charge on any atom is -0.488 e. The molecule has 9 heteroatoms. The largest absolute Gasteiger partial charge is 0.488 e. The molecule has 1 aliphatic carbocycles. The van der Waals surface area contributed by atoms with Crippen LogP contribution in [0.5, 0.6) is 5.75 Å². The lowest BCUT2D eigenvalue weighted by Gasteiger charge is -2.24. The van der Waals surface area contributed by atoms with Crippen LogP contribution in [0.4, 0.5) is 5.00 Å². The van der Waals surface area contributed by atoms with Crippen LogP contribution in [-0.4, -0.2) is 48.9 Å². The molecule has 0 radical (unpaired) electrons. The molecular weight excluding hydrogens is 484 g/mol. The summed E-state index contributed by atoms with van der Waals surface area (Å²) in [4.78, 5) is 24.2. The summed E-state index contributed by atoms with van der Waals surface area (Å²) >= 11 is 4.75. The number of hydrogen-bond donors (Lipinski definition) is 3. The number of nitrogens with one attached hydrogen (secondary N) is 2. The van der Waals surface area contributed by atoms with Gasteiger partial charge in [0, 0.05) is 24.9 Å². The van der Waals surface area contributed by atoms with Crippen molar-refractivity contribution in [3.8, 4) is 5.75 Å². The third-order valence-corrected chi connectivity index (χ3v) is 6.95. The molecule has 1 atom stereocenters. The fourth-order valence-electron chi connectivity index (χ4n) is 3.75. The van der Waals surface area contributed by atoms with Crippen LogP contribution in [0.25, 0.3) is 10.1 Å². The van der Waals surface area contributed by atoms with Crippen molar-refractivity contribution in [2.24, 2.45) is 0 Å². The first kappa shape index (κ1) is 24.0. The van der Waals surface area contributed by atoms with Gasteiger partial charge in [-0.2, -0.15) is 0 Å². The van der Waals surface area contributed by atoms with Gasteiger partial charge >= 0.3 is 5.97 Å². The van der Waals surface area contributed by atoms with E-state index in [1.165, 1.54) is 37.5 Å². The minimum atomic E-state index is -0.664. The zero-order valence-electron chi connectivity index (χ0n) is 17.8. The molecule has 170 valence electrons. The van der Waals surface area contributed by atoms with Gasteiger partial charge in [-0.05, 0) is 41.8 Å². The average molecular weight is 513 g/mol. The Morgan fingerprint density at radius 1 is 1.29 bits per heavy atom. The fraction of sp³-hybridized carbons (Fsp3) is 0.545. The van der Waals surface area contributed by atoms with Crippen molar-refractivity contribution >= 4 is 54.2 Å². The monoisotopic (exact) mass is 512 g/mol. The number of esters is 1. The van der Waals surface area contributed by atoms with E-state index >= 15 is 0 Å². The topological polar surface area (TPSA) is 96.9 Å². The molecule has 0 saturated heterocycles. The molecule has 3 N–H and O–H groups in total. The summed E-state index contributed by atoms with van der Waals surface area (Å²) in [7, 11) is 0. The third-order valence-electron chi connectivity index (χ3n) is 5.20. The van der Waals surface area contributed by atoms with E-state index in [1.54, 1.807) is 19.1 Å². The molecule has 1 aromatic carbocycles. The van der Waals surface area contributed by atoms with E-state index in [4.69, 9.17) is 9.47 Å². The maximum atomic E-state index is 12.6. The van der Waals surface area contributed by atoms with Gasteiger partial charge in [-0.1, -0.05) is 25.3 Å².